The van der Waals surface area contributed by atoms with Gasteiger partial charge in [-0.25, -0.2) is 8.42 Å². The fourth-order valence-corrected chi connectivity index (χ4v) is 5.34. The van der Waals surface area contributed by atoms with E-state index in [9.17, 15) is 18.0 Å². The van der Waals surface area contributed by atoms with Crippen molar-refractivity contribution in [1.82, 2.24) is 14.5 Å². The molecule has 0 atom stereocenters. The molecule has 2 aliphatic rings. The molecule has 0 aromatic heterocycles. The lowest BCUT2D eigenvalue weighted by atomic mass is 10.0. The number of sulfonamides is 1. The van der Waals surface area contributed by atoms with Crippen LogP contribution in [0.15, 0.2) is 29.2 Å². The Morgan fingerprint density at radius 1 is 1.07 bits per heavy atom. The van der Waals surface area contributed by atoms with Crippen LogP contribution in [0.1, 0.15) is 42.5 Å². The van der Waals surface area contributed by atoms with Crippen LogP contribution in [0.4, 0.5) is 0 Å². The van der Waals surface area contributed by atoms with Crippen molar-refractivity contribution in [3.63, 3.8) is 0 Å². The van der Waals surface area contributed by atoms with E-state index in [1.165, 1.54) is 10.4 Å². The molecule has 1 aromatic carbocycles. The van der Waals surface area contributed by atoms with Gasteiger partial charge in [0.15, 0.2) is 0 Å². The van der Waals surface area contributed by atoms with Gasteiger partial charge in [-0.15, -0.1) is 0 Å². The third-order valence-electron chi connectivity index (χ3n) is 5.35. The van der Waals surface area contributed by atoms with Gasteiger partial charge in [0.25, 0.3) is 5.91 Å². The molecule has 154 valence electrons. The van der Waals surface area contributed by atoms with Gasteiger partial charge >= 0.3 is 0 Å². The molecule has 3 rings (SSSR count). The summed E-state index contributed by atoms with van der Waals surface area (Å²) < 4.78 is 27.2. The van der Waals surface area contributed by atoms with Gasteiger partial charge in [-0.2, -0.15) is 4.31 Å². The van der Waals surface area contributed by atoms with Crippen molar-refractivity contribution in [3.8, 4) is 0 Å². The minimum atomic E-state index is -3.57. The summed E-state index contributed by atoms with van der Waals surface area (Å²) in [6.45, 7) is 2.68. The smallest absolute Gasteiger partial charge is 0.251 e. The molecule has 8 nitrogen and oxygen atoms in total. The molecule has 2 amide bonds. The van der Waals surface area contributed by atoms with Crippen LogP contribution in [0, 0.1) is 0 Å². The molecule has 1 aromatic rings. The summed E-state index contributed by atoms with van der Waals surface area (Å²) in [5, 5.41) is 2.98. The Bertz CT molecular complexity index is 813. The highest BCUT2D eigenvalue weighted by molar-refractivity contribution is 7.89. The molecule has 0 bridgehead atoms. The van der Waals surface area contributed by atoms with Crippen LogP contribution in [0.2, 0.25) is 0 Å². The number of hydrogen-bond acceptors (Lipinski definition) is 5. The zero-order valence-electron chi connectivity index (χ0n) is 16.0. The highest BCUT2D eigenvalue weighted by Crippen LogP contribution is 2.21. The molecule has 28 heavy (non-hydrogen) atoms. The number of rotatable bonds is 6. The maximum Gasteiger partial charge on any atom is 0.251 e. The highest BCUT2D eigenvalue weighted by atomic mass is 32.2. The lowest BCUT2D eigenvalue weighted by molar-refractivity contribution is -0.119. The molecule has 0 saturated carbocycles. The Morgan fingerprint density at radius 3 is 2.39 bits per heavy atom. The number of piperidine rings is 2. The van der Waals surface area contributed by atoms with Gasteiger partial charge in [0.05, 0.1) is 11.4 Å². The Balaban J connectivity index is 1.62. The van der Waals surface area contributed by atoms with Crippen molar-refractivity contribution >= 4 is 21.8 Å². The summed E-state index contributed by atoms with van der Waals surface area (Å²) in [5.74, 6) is -0.627. The summed E-state index contributed by atoms with van der Waals surface area (Å²) in [6, 6.07) is 6.25. The summed E-state index contributed by atoms with van der Waals surface area (Å²) in [6.07, 6.45) is 4.24. The van der Waals surface area contributed by atoms with E-state index in [-0.39, 0.29) is 29.3 Å². The van der Waals surface area contributed by atoms with Crippen LogP contribution < -0.4 is 11.1 Å². The number of amides is 2. The van der Waals surface area contributed by atoms with E-state index in [2.05, 4.69) is 5.32 Å². The predicted molar refractivity (Wildman–Crippen MR) is 105 cm³/mol. The maximum absolute atomic E-state index is 12.8. The minimum Gasteiger partial charge on any atom is -0.369 e. The molecule has 9 heteroatoms. The zero-order chi connectivity index (χ0) is 20.1. The first kappa shape index (κ1) is 20.8. The zero-order valence-corrected chi connectivity index (χ0v) is 16.8. The van der Waals surface area contributed by atoms with Crippen LogP contribution in [-0.2, 0) is 14.8 Å². The summed E-state index contributed by atoms with van der Waals surface area (Å²) in [5.41, 5.74) is 5.56. The van der Waals surface area contributed by atoms with Gasteiger partial charge in [0.1, 0.15) is 0 Å². The fourth-order valence-electron chi connectivity index (χ4n) is 3.78. The number of likely N-dealkylation sites (tertiary alicyclic amines) is 1. The molecule has 0 unspecified atom stereocenters. The summed E-state index contributed by atoms with van der Waals surface area (Å²) in [7, 11) is -3.57. The molecular weight excluding hydrogens is 380 g/mol. The second-order valence-electron chi connectivity index (χ2n) is 7.48. The molecule has 2 saturated heterocycles. The van der Waals surface area contributed by atoms with Crippen molar-refractivity contribution in [2.45, 2.75) is 43.0 Å². The molecule has 2 heterocycles. The van der Waals surface area contributed by atoms with Crippen molar-refractivity contribution < 1.29 is 18.0 Å². The van der Waals surface area contributed by atoms with Gasteiger partial charge in [0, 0.05) is 37.8 Å². The van der Waals surface area contributed by atoms with Crippen LogP contribution >= 0.6 is 0 Å². The van der Waals surface area contributed by atoms with Crippen LogP contribution in [0.5, 0.6) is 0 Å². The minimum absolute atomic E-state index is 0.000940. The molecule has 0 radical (unpaired) electrons. The fraction of sp³-hybridized carbons (Fsp3) is 0.579. The summed E-state index contributed by atoms with van der Waals surface area (Å²) in [4.78, 5) is 25.8. The van der Waals surface area contributed by atoms with Crippen molar-refractivity contribution in [3.05, 3.63) is 29.8 Å². The van der Waals surface area contributed by atoms with Crippen molar-refractivity contribution in [1.29, 1.82) is 0 Å². The molecule has 0 spiro atoms. The van der Waals surface area contributed by atoms with E-state index in [0.29, 0.717) is 31.7 Å². The SMILES string of the molecule is NC(=O)CN1CCC(NC(=O)c2cccc(S(=O)(=O)N3CCCCC3)c2)CC1. The lowest BCUT2D eigenvalue weighted by Crippen LogP contribution is -2.46. The number of hydrogen-bond donors (Lipinski definition) is 2. The molecule has 0 aliphatic carbocycles. The van der Waals surface area contributed by atoms with Crippen LogP contribution in [0.3, 0.4) is 0 Å². The quantitative estimate of drug-likeness (QED) is 0.713. The van der Waals surface area contributed by atoms with Crippen LogP contribution in [-0.4, -0.2) is 68.2 Å². The van der Waals surface area contributed by atoms with Gasteiger partial charge in [-0.05, 0) is 43.9 Å². The second kappa shape index (κ2) is 9.02. The Kier molecular flexibility index (Phi) is 6.69. The average Bonchev–Trinajstić information content (AvgIpc) is 2.70. The molecule has 3 N–H and O–H groups in total. The Morgan fingerprint density at radius 2 is 1.75 bits per heavy atom. The monoisotopic (exact) mass is 408 g/mol. The van der Waals surface area contributed by atoms with Crippen molar-refractivity contribution in [2.75, 3.05) is 32.7 Å². The highest BCUT2D eigenvalue weighted by Gasteiger charge is 2.27. The Hall–Kier alpha value is -1.97. The number of primary amides is 1. The van der Waals surface area contributed by atoms with E-state index in [4.69, 9.17) is 5.73 Å². The van der Waals surface area contributed by atoms with Gasteiger partial charge in [-0.1, -0.05) is 12.5 Å². The number of carbonyl (C=O) groups excluding carboxylic acids is 2. The van der Waals surface area contributed by atoms with E-state index in [0.717, 1.165) is 32.1 Å². The lowest BCUT2D eigenvalue weighted by Gasteiger charge is -2.31. The standard InChI is InChI=1S/C19H28N4O4S/c20-18(24)14-22-11-7-16(8-12-22)21-19(25)15-5-4-6-17(13-15)28(26,27)23-9-2-1-3-10-23/h4-6,13,16H,1-3,7-12,14H2,(H2,20,24)(H,21,25). The third-order valence-corrected chi connectivity index (χ3v) is 7.25. The topological polar surface area (TPSA) is 113 Å². The largest absolute Gasteiger partial charge is 0.369 e. The van der Waals surface area contributed by atoms with E-state index in [1.807, 2.05) is 4.90 Å². The normalized spacial score (nSPS) is 20.0. The van der Waals surface area contributed by atoms with E-state index < -0.39 is 10.0 Å². The van der Waals surface area contributed by atoms with Gasteiger partial charge in [-0.3, -0.25) is 14.5 Å². The van der Waals surface area contributed by atoms with E-state index >= 15 is 0 Å². The van der Waals surface area contributed by atoms with E-state index in [1.54, 1.807) is 18.2 Å². The number of nitrogens with one attached hydrogen (secondary N) is 1. The first-order chi connectivity index (χ1) is 13.4. The number of benzene rings is 1. The molecule has 2 fully saturated rings. The Labute approximate surface area is 166 Å². The number of nitrogens with zero attached hydrogens (tertiary/aromatic N) is 2. The second-order valence-corrected chi connectivity index (χ2v) is 9.42. The maximum atomic E-state index is 12.8. The predicted octanol–water partition coefficient (Wildman–Crippen LogP) is 0.541. The van der Waals surface area contributed by atoms with Gasteiger partial charge in [0.2, 0.25) is 15.9 Å². The van der Waals surface area contributed by atoms with Crippen LogP contribution in [0.25, 0.3) is 0 Å². The van der Waals surface area contributed by atoms with Crippen molar-refractivity contribution in [2.24, 2.45) is 5.73 Å². The van der Waals surface area contributed by atoms with Gasteiger partial charge < -0.3 is 11.1 Å². The molecule has 2 aliphatic heterocycles. The average molecular weight is 409 g/mol. The first-order valence-electron chi connectivity index (χ1n) is 9.78. The third kappa shape index (κ3) is 5.09. The number of carbonyl (C=O) groups is 2. The first-order valence-corrected chi connectivity index (χ1v) is 11.2. The molecular formula is C19H28N4O4S. The number of nitrogens with two attached hydrogens (primary N) is 1. The summed E-state index contributed by atoms with van der Waals surface area (Å²) >= 11 is 0.